The third-order valence-electron chi connectivity index (χ3n) is 3.05. The fourth-order valence-electron chi connectivity index (χ4n) is 1.87. The zero-order chi connectivity index (χ0) is 15.5. The second-order valence-corrected chi connectivity index (χ2v) is 6.16. The minimum atomic E-state index is -1.03. The van der Waals surface area contributed by atoms with Crippen LogP contribution in [-0.4, -0.2) is 28.2 Å². The third-order valence-corrected chi connectivity index (χ3v) is 3.05. The van der Waals surface area contributed by atoms with Crippen LogP contribution >= 0.6 is 0 Å². The van der Waals surface area contributed by atoms with E-state index >= 15 is 0 Å². The average molecular weight is 282 g/mol. The Morgan fingerprint density at radius 2 is 1.95 bits per heavy atom. The van der Waals surface area contributed by atoms with Crippen LogP contribution in [0.1, 0.15) is 55.4 Å². The highest BCUT2D eigenvalue weighted by Crippen LogP contribution is 2.22. The van der Waals surface area contributed by atoms with E-state index in [-0.39, 0.29) is 5.41 Å². The van der Waals surface area contributed by atoms with E-state index in [1.165, 1.54) is 0 Å². The molecule has 1 unspecified atom stereocenters. The van der Waals surface area contributed by atoms with E-state index in [2.05, 4.69) is 10.5 Å². The molecule has 0 radical (unpaired) electrons. The van der Waals surface area contributed by atoms with Gasteiger partial charge in [0.2, 0.25) is 0 Å². The molecule has 6 heteroatoms. The molecule has 1 rings (SSSR count). The van der Waals surface area contributed by atoms with Gasteiger partial charge in [-0.1, -0.05) is 25.9 Å². The quantitative estimate of drug-likeness (QED) is 0.864. The minimum Gasteiger partial charge on any atom is -0.480 e. The number of aliphatic carboxylic acids is 1. The van der Waals surface area contributed by atoms with Gasteiger partial charge in [-0.15, -0.1) is 0 Å². The highest BCUT2D eigenvalue weighted by atomic mass is 16.5. The summed E-state index contributed by atoms with van der Waals surface area (Å²) in [6, 6.07) is -0.907. The first kappa shape index (κ1) is 16.2. The van der Waals surface area contributed by atoms with Gasteiger partial charge in [0, 0.05) is 0 Å². The number of nitrogens with zero attached hydrogens (tertiary/aromatic N) is 1. The number of nitrogens with one attached hydrogen (secondary N) is 1. The van der Waals surface area contributed by atoms with Crippen molar-refractivity contribution >= 4 is 11.9 Å². The topological polar surface area (TPSA) is 92.4 Å². The minimum absolute atomic E-state index is 0.0153. The van der Waals surface area contributed by atoms with Crippen LogP contribution in [0.15, 0.2) is 4.52 Å². The van der Waals surface area contributed by atoms with Crippen LogP contribution in [0.25, 0.3) is 0 Å². The van der Waals surface area contributed by atoms with E-state index in [1.54, 1.807) is 13.8 Å². The second-order valence-electron chi connectivity index (χ2n) is 6.16. The lowest BCUT2D eigenvalue weighted by Gasteiger charge is -2.21. The Labute approximate surface area is 118 Å². The van der Waals surface area contributed by atoms with E-state index in [0.29, 0.717) is 29.9 Å². The number of carboxylic acids is 1. The molecule has 6 nitrogen and oxygen atoms in total. The summed E-state index contributed by atoms with van der Waals surface area (Å²) in [6.07, 6.45) is 1.08. The zero-order valence-corrected chi connectivity index (χ0v) is 12.6. The maximum Gasteiger partial charge on any atom is 0.326 e. The number of aromatic nitrogens is 1. The normalized spacial score (nSPS) is 13.1. The molecule has 2 N–H and O–H groups in total. The number of aryl methyl sites for hydroxylation is 2. The highest BCUT2D eigenvalue weighted by Gasteiger charge is 2.26. The van der Waals surface area contributed by atoms with Crippen molar-refractivity contribution in [3.63, 3.8) is 0 Å². The van der Waals surface area contributed by atoms with E-state index in [9.17, 15) is 14.7 Å². The van der Waals surface area contributed by atoms with Gasteiger partial charge >= 0.3 is 5.97 Å². The molecule has 112 valence electrons. The average Bonchev–Trinajstić information content (AvgIpc) is 2.62. The molecule has 20 heavy (non-hydrogen) atoms. The van der Waals surface area contributed by atoms with Gasteiger partial charge in [-0.05, 0) is 32.1 Å². The van der Waals surface area contributed by atoms with Crippen molar-refractivity contribution in [1.82, 2.24) is 10.5 Å². The number of carbonyl (C=O) groups excluding carboxylic acids is 1. The van der Waals surface area contributed by atoms with Crippen molar-refractivity contribution in [2.45, 2.75) is 53.5 Å². The second kappa shape index (κ2) is 6.07. The van der Waals surface area contributed by atoms with Gasteiger partial charge in [0.1, 0.15) is 17.4 Å². The summed E-state index contributed by atoms with van der Waals surface area (Å²) in [5.74, 6) is -1.10. The molecular weight excluding hydrogens is 260 g/mol. The Morgan fingerprint density at radius 3 is 2.35 bits per heavy atom. The lowest BCUT2D eigenvalue weighted by molar-refractivity contribution is -0.139. The lowest BCUT2D eigenvalue weighted by atomic mass is 9.88. The number of rotatable bonds is 5. The van der Waals surface area contributed by atoms with Gasteiger partial charge in [-0.25, -0.2) is 4.79 Å². The van der Waals surface area contributed by atoms with Gasteiger partial charge in [-0.3, -0.25) is 4.79 Å². The number of hydrogen-bond donors (Lipinski definition) is 2. The SMILES string of the molecule is Cc1noc(C)c1C(=O)NC(CCC(C)(C)C)C(=O)O. The van der Waals surface area contributed by atoms with E-state index in [1.807, 2.05) is 20.8 Å². The Hall–Kier alpha value is -1.85. The predicted octanol–water partition coefficient (Wildman–Crippen LogP) is 2.30. The molecule has 0 spiro atoms. The van der Waals surface area contributed by atoms with Crippen LogP contribution < -0.4 is 5.32 Å². The molecular formula is C14H22N2O4. The van der Waals surface area contributed by atoms with Crippen molar-refractivity contribution in [2.75, 3.05) is 0 Å². The van der Waals surface area contributed by atoms with Gasteiger partial charge in [0.05, 0.1) is 5.69 Å². The van der Waals surface area contributed by atoms with Crippen LogP contribution in [0.3, 0.4) is 0 Å². The highest BCUT2D eigenvalue weighted by molar-refractivity contribution is 5.98. The molecule has 1 aromatic heterocycles. The van der Waals surface area contributed by atoms with Crippen molar-refractivity contribution in [3.05, 3.63) is 17.0 Å². The number of carboxylic acid groups (broad SMARTS) is 1. The van der Waals surface area contributed by atoms with Crippen LogP contribution in [0.2, 0.25) is 0 Å². The monoisotopic (exact) mass is 282 g/mol. The molecule has 0 fully saturated rings. The summed E-state index contributed by atoms with van der Waals surface area (Å²) in [7, 11) is 0. The zero-order valence-electron chi connectivity index (χ0n) is 12.6. The Bertz CT molecular complexity index is 480. The molecule has 0 saturated carbocycles. The maximum atomic E-state index is 12.1. The van der Waals surface area contributed by atoms with Crippen LogP contribution in [0.4, 0.5) is 0 Å². The Balaban J connectivity index is 2.76. The van der Waals surface area contributed by atoms with Crippen molar-refractivity contribution in [3.8, 4) is 0 Å². The van der Waals surface area contributed by atoms with Crippen molar-refractivity contribution in [1.29, 1.82) is 0 Å². The first-order chi connectivity index (χ1) is 9.11. The number of hydrogen-bond acceptors (Lipinski definition) is 4. The van der Waals surface area contributed by atoms with Gasteiger partial charge in [-0.2, -0.15) is 0 Å². The Kier molecular flexibility index (Phi) is 4.92. The summed E-state index contributed by atoms with van der Waals surface area (Å²) >= 11 is 0. The summed E-state index contributed by atoms with van der Waals surface area (Å²) in [5, 5.41) is 15.4. The molecule has 0 aliphatic heterocycles. The summed E-state index contributed by atoms with van der Waals surface area (Å²) in [6.45, 7) is 9.36. The molecule has 1 heterocycles. The molecule has 0 saturated heterocycles. The van der Waals surface area contributed by atoms with Crippen molar-refractivity contribution < 1.29 is 19.2 Å². The fourth-order valence-corrected chi connectivity index (χ4v) is 1.87. The molecule has 1 amide bonds. The van der Waals surface area contributed by atoms with E-state index in [4.69, 9.17) is 4.52 Å². The molecule has 0 aliphatic rings. The molecule has 0 bridgehead atoms. The lowest BCUT2D eigenvalue weighted by Crippen LogP contribution is -2.41. The first-order valence-electron chi connectivity index (χ1n) is 6.58. The van der Waals surface area contributed by atoms with Crippen LogP contribution in [0, 0.1) is 19.3 Å². The Morgan fingerprint density at radius 1 is 1.35 bits per heavy atom. The van der Waals surface area contributed by atoms with E-state index in [0.717, 1.165) is 0 Å². The smallest absolute Gasteiger partial charge is 0.326 e. The molecule has 1 aromatic rings. The van der Waals surface area contributed by atoms with Gasteiger partial charge in [0.15, 0.2) is 0 Å². The largest absolute Gasteiger partial charge is 0.480 e. The summed E-state index contributed by atoms with van der Waals surface area (Å²) < 4.78 is 4.91. The van der Waals surface area contributed by atoms with E-state index < -0.39 is 17.9 Å². The first-order valence-corrected chi connectivity index (χ1v) is 6.58. The maximum absolute atomic E-state index is 12.1. The predicted molar refractivity (Wildman–Crippen MR) is 73.6 cm³/mol. The standard InChI is InChI=1S/C14H22N2O4/c1-8-11(9(2)20-16-8)12(17)15-10(13(18)19)6-7-14(3,4)5/h10H,6-7H2,1-5H3,(H,15,17)(H,18,19). The number of carbonyl (C=O) groups is 2. The van der Waals surface area contributed by atoms with Crippen molar-refractivity contribution in [2.24, 2.45) is 5.41 Å². The molecule has 0 aromatic carbocycles. The number of amides is 1. The van der Waals surface area contributed by atoms with Gasteiger partial charge < -0.3 is 14.9 Å². The third kappa shape index (κ3) is 4.36. The van der Waals surface area contributed by atoms with Crippen LogP contribution in [0.5, 0.6) is 0 Å². The van der Waals surface area contributed by atoms with Gasteiger partial charge in [0.25, 0.3) is 5.91 Å². The molecule has 1 atom stereocenters. The fraction of sp³-hybridized carbons (Fsp3) is 0.643. The van der Waals surface area contributed by atoms with Crippen LogP contribution in [-0.2, 0) is 4.79 Å². The summed E-state index contributed by atoms with van der Waals surface area (Å²) in [5.41, 5.74) is 0.786. The summed E-state index contributed by atoms with van der Waals surface area (Å²) in [4.78, 5) is 23.3. The molecule has 0 aliphatic carbocycles.